The predicted molar refractivity (Wildman–Crippen MR) is 80.3 cm³/mol. The van der Waals surface area contributed by atoms with Gasteiger partial charge in [-0.1, -0.05) is 24.3 Å². The first-order valence-electron chi connectivity index (χ1n) is 7.87. The number of hydrogen-bond acceptors (Lipinski definition) is 1. The lowest BCUT2D eigenvalue weighted by Gasteiger charge is -2.19. The maximum Gasteiger partial charge on any atom is 0.416 e. The first-order chi connectivity index (χ1) is 10.9. The minimum Gasteiger partial charge on any atom is -0.345 e. The molecule has 0 heterocycles. The second kappa shape index (κ2) is 6.27. The largest absolute Gasteiger partial charge is 0.416 e. The predicted octanol–water partition coefficient (Wildman–Crippen LogP) is 3.61. The maximum absolute atomic E-state index is 12.6. The van der Waals surface area contributed by atoms with Crippen molar-refractivity contribution in [2.24, 2.45) is 17.8 Å². The number of fused-ring (bicyclic) bond motifs is 2. The summed E-state index contributed by atoms with van der Waals surface area (Å²) in [6.45, 7) is 0.170. The zero-order valence-electron chi connectivity index (χ0n) is 12.6. The fraction of sp³-hybridized carbons (Fsp3) is 0.500. The summed E-state index contributed by atoms with van der Waals surface area (Å²) in [5.74, 6) is 6.75. The van der Waals surface area contributed by atoms with Crippen LogP contribution in [0.2, 0.25) is 0 Å². The van der Waals surface area contributed by atoms with Gasteiger partial charge in [-0.15, -0.1) is 0 Å². The third kappa shape index (κ3) is 3.69. The molecule has 0 unspecified atom stereocenters. The summed E-state index contributed by atoms with van der Waals surface area (Å²) in [4.78, 5) is 12.1. The molecule has 5 heteroatoms. The molecule has 1 aromatic rings. The summed E-state index contributed by atoms with van der Waals surface area (Å²) in [7, 11) is 0. The average Bonchev–Trinajstić information content (AvgIpc) is 3.14. The fourth-order valence-electron chi connectivity index (χ4n) is 3.75. The summed E-state index contributed by atoms with van der Waals surface area (Å²) >= 11 is 0. The van der Waals surface area contributed by atoms with Crippen molar-refractivity contribution in [2.45, 2.75) is 31.9 Å². The molecule has 122 valence electrons. The third-order valence-corrected chi connectivity index (χ3v) is 4.85. The van der Waals surface area contributed by atoms with Crippen molar-refractivity contribution in [3.05, 3.63) is 35.4 Å². The molecule has 0 aliphatic heterocycles. The fourth-order valence-corrected chi connectivity index (χ4v) is 3.75. The molecule has 2 nitrogen and oxygen atoms in total. The molecule has 3 atom stereocenters. The van der Waals surface area contributed by atoms with Gasteiger partial charge in [0.15, 0.2) is 0 Å². The van der Waals surface area contributed by atoms with Gasteiger partial charge in [0.2, 0.25) is 5.91 Å². The van der Waals surface area contributed by atoms with Gasteiger partial charge in [0.05, 0.1) is 12.1 Å². The van der Waals surface area contributed by atoms with Crippen LogP contribution in [0.1, 0.15) is 36.8 Å². The van der Waals surface area contributed by atoms with E-state index in [1.54, 1.807) is 0 Å². The molecule has 2 aliphatic rings. The molecule has 23 heavy (non-hydrogen) atoms. The molecule has 2 aliphatic carbocycles. The molecule has 2 fully saturated rings. The minimum atomic E-state index is -4.37. The quantitative estimate of drug-likeness (QED) is 0.829. The van der Waals surface area contributed by atoms with Crippen molar-refractivity contribution in [3.63, 3.8) is 0 Å². The monoisotopic (exact) mass is 321 g/mol. The van der Waals surface area contributed by atoms with Crippen LogP contribution < -0.4 is 5.32 Å². The van der Waals surface area contributed by atoms with E-state index >= 15 is 0 Å². The van der Waals surface area contributed by atoms with E-state index in [0.717, 1.165) is 31.4 Å². The number of benzene rings is 1. The van der Waals surface area contributed by atoms with Gasteiger partial charge < -0.3 is 5.32 Å². The lowest BCUT2D eigenvalue weighted by Crippen LogP contribution is -2.33. The number of amides is 1. The number of rotatable bonds is 2. The Hall–Kier alpha value is -1.96. The van der Waals surface area contributed by atoms with E-state index in [4.69, 9.17) is 0 Å². The van der Waals surface area contributed by atoms with Crippen LogP contribution in [-0.4, -0.2) is 12.5 Å². The Morgan fingerprint density at radius 1 is 1.26 bits per heavy atom. The molecular formula is C18H18F3NO. The van der Waals surface area contributed by atoms with Gasteiger partial charge in [-0.3, -0.25) is 4.79 Å². The number of nitrogens with one attached hydrogen (secondary N) is 1. The van der Waals surface area contributed by atoms with Crippen molar-refractivity contribution in [1.29, 1.82) is 0 Å². The first kappa shape index (κ1) is 15.9. The summed E-state index contributed by atoms with van der Waals surface area (Å²) in [5, 5.41) is 2.79. The van der Waals surface area contributed by atoms with Gasteiger partial charge in [-0.05, 0) is 49.3 Å². The van der Waals surface area contributed by atoms with Crippen LogP contribution >= 0.6 is 0 Å². The van der Waals surface area contributed by atoms with Gasteiger partial charge in [0.1, 0.15) is 0 Å². The van der Waals surface area contributed by atoms with Crippen LogP contribution in [0.3, 0.4) is 0 Å². The van der Waals surface area contributed by atoms with Gasteiger partial charge >= 0.3 is 6.18 Å². The van der Waals surface area contributed by atoms with Crippen molar-refractivity contribution >= 4 is 5.91 Å². The molecule has 0 spiro atoms. The Balaban J connectivity index is 1.53. The Bertz CT molecular complexity index is 656. The SMILES string of the molecule is O=C(NCC#Cc1cccc(C(F)(F)F)c1)[C@@H]1C[C@@H]2CC[C@@H]1C2. The second-order valence-corrected chi connectivity index (χ2v) is 6.38. The number of carbonyl (C=O) groups excluding carboxylic acids is 1. The second-order valence-electron chi connectivity index (χ2n) is 6.38. The molecular weight excluding hydrogens is 303 g/mol. The maximum atomic E-state index is 12.6. The van der Waals surface area contributed by atoms with Crippen LogP contribution in [0, 0.1) is 29.6 Å². The van der Waals surface area contributed by atoms with Crippen LogP contribution in [0.5, 0.6) is 0 Å². The molecule has 1 aromatic carbocycles. The summed E-state index contributed by atoms with van der Waals surface area (Å²) in [6, 6.07) is 4.90. The summed E-state index contributed by atoms with van der Waals surface area (Å²) in [6.07, 6.45) is 0.141. The summed E-state index contributed by atoms with van der Waals surface area (Å²) in [5.41, 5.74) is -0.413. The Morgan fingerprint density at radius 2 is 2.09 bits per heavy atom. The zero-order chi connectivity index (χ0) is 16.4. The zero-order valence-corrected chi connectivity index (χ0v) is 12.6. The standard InChI is InChI=1S/C18H18F3NO/c19-18(20,21)15-5-1-3-12(10-15)4-2-8-22-17(23)16-11-13-6-7-14(16)9-13/h1,3,5,10,13-14,16H,6-9,11H2,(H,22,23)/t13-,14-,16-/m1/s1. The molecule has 0 saturated heterocycles. The van der Waals surface area contributed by atoms with Crippen LogP contribution in [0.4, 0.5) is 13.2 Å². The van der Waals surface area contributed by atoms with Crippen molar-refractivity contribution < 1.29 is 18.0 Å². The van der Waals surface area contributed by atoms with Crippen LogP contribution in [0.15, 0.2) is 24.3 Å². The topological polar surface area (TPSA) is 29.1 Å². The number of alkyl halides is 3. The Kier molecular flexibility index (Phi) is 4.34. The van der Waals surface area contributed by atoms with E-state index in [1.807, 2.05) is 0 Å². The molecule has 0 radical (unpaired) electrons. The van der Waals surface area contributed by atoms with Crippen molar-refractivity contribution in [2.75, 3.05) is 6.54 Å². The van der Waals surface area contributed by atoms with E-state index < -0.39 is 11.7 Å². The van der Waals surface area contributed by atoms with E-state index in [1.165, 1.54) is 18.6 Å². The first-order valence-corrected chi connectivity index (χ1v) is 7.87. The van der Waals surface area contributed by atoms with E-state index in [0.29, 0.717) is 17.4 Å². The number of hydrogen-bond donors (Lipinski definition) is 1. The third-order valence-electron chi connectivity index (χ3n) is 4.85. The van der Waals surface area contributed by atoms with Crippen LogP contribution in [0.25, 0.3) is 0 Å². The highest BCUT2D eigenvalue weighted by atomic mass is 19.4. The summed E-state index contributed by atoms with van der Waals surface area (Å²) < 4.78 is 37.8. The average molecular weight is 321 g/mol. The van der Waals surface area contributed by atoms with Crippen molar-refractivity contribution in [1.82, 2.24) is 5.32 Å². The highest BCUT2D eigenvalue weighted by molar-refractivity contribution is 5.79. The highest BCUT2D eigenvalue weighted by Gasteiger charge is 2.42. The normalized spacial score (nSPS) is 25.8. The number of halogens is 3. The molecule has 1 N–H and O–H groups in total. The molecule has 1 amide bonds. The highest BCUT2D eigenvalue weighted by Crippen LogP contribution is 2.48. The van der Waals surface area contributed by atoms with E-state index in [9.17, 15) is 18.0 Å². The lowest BCUT2D eigenvalue weighted by molar-refractivity contribution is -0.137. The molecule has 2 saturated carbocycles. The van der Waals surface area contributed by atoms with Gasteiger partial charge in [-0.25, -0.2) is 0 Å². The van der Waals surface area contributed by atoms with E-state index in [2.05, 4.69) is 17.2 Å². The smallest absolute Gasteiger partial charge is 0.345 e. The van der Waals surface area contributed by atoms with Gasteiger partial charge in [-0.2, -0.15) is 13.2 Å². The minimum absolute atomic E-state index is 0.0375. The van der Waals surface area contributed by atoms with Gasteiger partial charge in [0, 0.05) is 11.5 Å². The molecule has 2 bridgehead atoms. The Morgan fingerprint density at radius 3 is 2.74 bits per heavy atom. The number of carbonyl (C=O) groups is 1. The van der Waals surface area contributed by atoms with Crippen LogP contribution in [-0.2, 0) is 11.0 Å². The lowest BCUT2D eigenvalue weighted by atomic mass is 9.88. The van der Waals surface area contributed by atoms with E-state index in [-0.39, 0.29) is 18.4 Å². The Labute approximate surface area is 133 Å². The molecule has 3 rings (SSSR count). The molecule has 0 aromatic heterocycles. The van der Waals surface area contributed by atoms with Crippen molar-refractivity contribution in [3.8, 4) is 11.8 Å². The van der Waals surface area contributed by atoms with Gasteiger partial charge in [0.25, 0.3) is 0 Å².